The first-order valence-corrected chi connectivity index (χ1v) is 13.0. The molecule has 7 N–H and O–H groups in total. The maximum absolute atomic E-state index is 12.6. The van der Waals surface area contributed by atoms with Gasteiger partial charge >= 0.3 is 0 Å². The fourth-order valence-electron chi connectivity index (χ4n) is 5.50. The van der Waals surface area contributed by atoms with Gasteiger partial charge in [-0.1, -0.05) is 39.0 Å². The molecule has 1 aliphatic carbocycles. The highest BCUT2D eigenvalue weighted by Gasteiger charge is 2.46. The zero-order valence-electron chi connectivity index (χ0n) is 22.3. The summed E-state index contributed by atoms with van der Waals surface area (Å²) in [6.07, 6.45) is 0. The van der Waals surface area contributed by atoms with Crippen LogP contribution in [0.4, 0.5) is 22.7 Å². The first kappa shape index (κ1) is 25.9. The van der Waals surface area contributed by atoms with Gasteiger partial charge in [-0.3, -0.25) is 20.4 Å². The van der Waals surface area contributed by atoms with Crippen molar-refractivity contribution in [1.82, 2.24) is 5.43 Å². The number of hydrogen-bond acceptors (Lipinski definition) is 5. The number of nitrogens with one attached hydrogen (secondary N) is 3. The van der Waals surface area contributed by atoms with E-state index in [-0.39, 0.29) is 17.2 Å². The van der Waals surface area contributed by atoms with E-state index in [1.165, 1.54) is 16.7 Å². The van der Waals surface area contributed by atoms with Crippen LogP contribution in [0.25, 0.3) is 0 Å². The second kappa shape index (κ2) is 10.2. The molecule has 0 spiro atoms. The number of carbonyl (C=O) groups is 2. The highest BCUT2D eigenvalue weighted by Crippen LogP contribution is 2.54. The van der Waals surface area contributed by atoms with Crippen LogP contribution in [0, 0.1) is 5.92 Å². The summed E-state index contributed by atoms with van der Waals surface area (Å²) in [6, 6.07) is 28.0. The van der Waals surface area contributed by atoms with E-state index < -0.39 is 0 Å². The molecule has 39 heavy (non-hydrogen) atoms. The number of amides is 2. The Morgan fingerprint density at radius 2 is 1.26 bits per heavy atom. The van der Waals surface area contributed by atoms with Crippen molar-refractivity contribution in [3.05, 3.63) is 119 Å². The molecule has 3 unspecified atom stereocenters. The molecule has 5 rings (SSSR count). The van der Waals surface area contributed by atoms with Gasteiger partial charge in [0, 0.05) is 33.6 Å². The molecule has 0 aliphatic heterocycles. The van der Waals surface area contributed by atoms with Gasteiger partial charge in [0.15, 0.2) is 0 Å². The molecule has 1 aliphatic rings. The summed E-state index contributed by atoms with van der Waals surface area (Å²) in [5.74, 6) is 0.239. The normalized spacial score (nSPS) is 19.7. The van der Waals surface area contributed by atoms with Crippen molar-refractivity contribution in [2.45, 2.75) is 32.1 Å². The second-order valence-electron chi connectivity index (χ2n) is 10.4. The van der Waals surface area contributed by atoms with Gasteiger partial charge in [0.05, 0.1) is 5.69 Å². The summed E-state index contributed by atoms with van der Waals surface area (Å²) in [5.41, 5.74) is 24.6. The fraction of sp³-hybridized carbons (Fsp3) is 0.188. The quantitative estimate of drug-likeness (QED) is 0.160. The molecule has 0 fully saturated rings. The molecule has 198 valence electrons. The van der Waals surface area contributed by atoms with Gasteiger partial charge in [-0.15, -0.1) is 0 Å². The Bertz CT molecular complexity index is 1510. The molecule has 2 amide bonds. The Kier molecular flexibility index (Phi) is 6.74. The number of benzene rings is 4. The number of hydrazine groups is 1. The minimum Gasteiger partial charge on any atom is -0.399 e. The van der Waals surface area contributed by atoms with E-state index in [1.807, 2.05) is 18.2 Å². The average molecular weight is 520 g/mol. The van der Waals surface area contributed by atoms with Gasteiger partial charge in [-0.2, -0.15) is 0 Å². The predicted octanol–water partition coefficient (Wildman–Crippen LogP) is 5.92. The summed E-state index contributed by atoms with van der Waals surface area (Å²) in [6.45, 7) is 6.79. The van der Waals surface area contributed by atoms with Crippen LogP contribution in [0.5, 0.6) is 0 Å². The molecule has 3 atom stereocenters. The van der Waals surface area contributed by atoms with Crippen LogP contribution >= 0.6 is 0 Å². The lowest BCUT2D eigenvalue weighted by molar-refractivity contribution is 0.0961. The van der Waals surface area contributed by atoms with Crippen molar-refractivity contribution < 1.29 is 9.59 Å². The summed E-state index contributed by atoms with van der Waals surface area (Å²) in [7, 11) is 0. The van der Waals surface area contributed by atoms with Crippen LogP contribution in [0.2, 0.25) is 0 Å². The number of fused-ring (bicyclic) bond motifs is 1. The second-order valence-corrected chi connectivity index (χ2v) is 10.4. The smallest absolute Gasteiger partial charge is 0.269 e. The van der Waals surface area contributed by atoms with E-state index in [4.69, 9.17) is 11.5 Å². The van der Waals surface area contributed by atoms with Gasteiger partial charge in [0.25, 0.3) is 11.8 Å². The molecular formula is C32H33N5O2. The van der Waals surface area contributed by atoms with E-state index in [1.54, 1.807) is 48.5 Å². The number of nitrogens with two attached hydrogens (primary N) is 2. The van der Waals surface area contributed by atoms with E-state index in [0.717, 1.165) is 11.4 Å². The lowest BCUT2D eigenvalue weighted by Gasteiger charge is -2.33. The topological polar surface area (TPSA) is 122 Å². The molecule has 0 saturated heterocycles. The van der Waals surface area contributed by atoms with E-state index in [2.05, 4.69) is 61.2 Å². The largest absolute Gasteiger partial charge is 0.399 e. The third kappa shape index (κ3) is 4.91. The van der Waals surface area contributed by atoms with Crippen LogP contribution in [0.15, 0.2) is 91.0 Å². The molecule has 7 heteroatoms. The number of anilines is 4. The Labute approximate surface area is 228 Å². The summed E-state index contributed by atoms with van der Waals surface area (Å²) < 4.78 is 0. The Balaban J connectivity index is 1.32. The molecule has 0 aromatic heterocycles. The highest BCUT2D eigenvalue weighted by atomic mass is 16.2. The van der Waals surface area contributed by atoms with Gasteiger partial charge < -0.3 is 16.8 Å². The summed E-state index contributed by atoms with van der Waals surface area (Å²) in [5, 5.41) is 2.96. The van der Waals surface area contributed by atoms with Crippen LogP contribution in [0.1, 0.15) is 64.1 Å². The Morgan fingerprint density at radius 1 is 0.718 bits per heavy atom. The monoisotopic (exact) mass is 519 g/mol. The van der Waals surface area contributed by atoms with Crippen LogP contribution in [0.3, 0.4) is 0 Å². The molecule has 0 bridgehead atoms. The minimum absolute atomic E-state index is 0.175. The first-order valence-electron chi connectivity index (χ1n) is 13.0. The average Bonchev–Trinajstić information content (AvgIpc) is 3.14. The van der Waals surface area contributed by atoms with Gasteiger partial charge in [0.2, 0.25) is 0 Å². The minimum atomic E-state index is -0.231. The molecule has 0 heterocycles. The number of rotatable bonds is 6. The first-order chi connectivity index (χ1) is 18.7. The van der Waals surface area contributed by atoms with Crippen LogP contribution < -0.4 is 27.6 Å². The van der Waals surface area contributed by atoms with Crippen molar-refractivity contribution >= 4 is 34.6 Å². The van der Waals surface area contributed by atoms with Gasteiger partial charge in [0.1, 0.15) is 0 Å². The molecule has 0 saturated carbocycles. The van der Waals surface area contributed by atoms with Gasteiger partial charge in [-0.25, -0.2) is 0 Å². The van der Waals surface area contributed by atoms with E-state index >= 15 is 0 Å². The standard InChI is InChI=1S/C32H33N5O2/c1-19-20(2)32(3,23-8-14-26(15-9-23)35-30(38)21-4-10-24(33)11-5-21)29-17-16-27(18-28(19)29)36-37-31(39)22-6-12-25(34)13-7-22/h4-20,36H,33-34H2,1-3H3,(H,35,38)(H,37,39). The zero-order chi connectivity index (χ0) is 27.7. The predicted molar refractivity (Wildman–Crippen MR) is 158 cm³/mol. The number of carbonyl (C=O) groups excluding carboxylic acids is 2. The maximum Gasteiger partial charge on any atom is 0.269 e. The van der Waals surface area contributed by atoms with E-state index in [9.17, 15) is 9.59 Å². The van der Waals surface area contributed by atoms with Gasteiger partial charge in [-0.05, 0) is 101 Å². The Morgan fingerprint density at radius 3 is 1.85 bits per heavy atom. The Hall–Kier alpha value is -4.78. The maximum atomic E-state index is 12.6. The van der Waals surface area contributed by atoms with Crippen LogP contribution in [-0.4, -0.2) is 11.8 Å². The van der Waals surface area contributed by atoms with E-state index in [0.29, 0.717) is 34.3 Å². The number of nitrogen functional groups attached to an aromatic ring is 2. The zero-order valence-corrected chi connectivity index (χ0v) is 22.3. The molecule has 4 aromatic carbocycles. The van der Waals surface area contributed by atoms with Crippen molar-refractivity contribution in [2.75, 3.05) is 22.2 Å². The fourth-order valence-corrected chi connectivity index (χ4v) is 5.50. The molecular weight excluding hydrogens is 486 g/mol. The van der Waals surface area contributed by atoms with Crippen LogP contribution in [-0.2, 0) is 5.41 Å². The molecule has 0 radical (unpaired) electrons. The SMILES string of the molecule is CC1c2cc(NNC(=O)c3ccc(N)cc3)ccc2C(C)(c2ccc(NC(=O)c3ccc(N)cc3)cc2)C1C. The van der Waals surface area contributed by atoms with Crippen molar-refractivity contribution in [3.8, 4) is 0 Å². The van der Waals surface area contributed by atoms with Crippen molar-refractivity contribution in [3.63, 3.8) is 0 Å². The summed E-state index contributed by atoms with van der Waals surface area (Å²) >= 11 is 0. The lowest BCUT2D eigenvalue weighted by Crippen LogP contribution is -2.29. The molecule has 7 nitrogen and oxygen atoms in total. The number of hydrogen-bond donors (Lipinski definition) is 5. The summed E-state index contributed by atoms with van der Waals surface area (Å²) in [4.78, 5) is 25.1. The van der Waals surface area contributed by atoms with Crippen molar-refractivity contribution in [2.24, 2.45) is 5.92 Å². The molecule has 4 aromatic rings. The van der Waals surface area contributed by atoms with Crippen molar-refractivity contribution in [1.29, 1.82) is 0 Å². The third-order valence-electron chi connectivity index (χ3n) is 8.17. The lowest BCUT2D eigenvalue weighted by atomic mass is 9.70. The third-order valence-corrected chi connectivity index (χ3v) is 8.17. The highest BCUT2D eigenvalue weighted by molar-refractivity contribution is 6.04.